The Balaban J connectivity index is 1.34. The number of nitrogens with zero attached hydrogens (tertiary/aromatic N) is 3. The van der Waals surface area contributed by atoms with Gasteiger partial charge in [-0.15, -0.1) is 0 Å². The van der Waals surface area contributed by atoms with Crippen LogP contribution < -0.4 is 5.32 Å². The molecule has 31 heavy (non-hydrogen) atoms. The summed E-state index contributed by atoms with van der Waals surface area (Å²) in [5.74, 6) is 0.414. The predicted molar refractivity (Wildman–Crippen MR) is 116 cm³/mol. The highest BCUT2D eigenvalue weighted by atomic mass is 32.2. The van der Waals surface area contributed by atoms with Crippen LogP contribution in [0, 0.1) is 6.92 Å². The number of benzene rings is 2. The highest BCUT2D eigenvalue weighted by Gasteiger charge is 2.25. The van der Waals surface area contributed by atoms with E-state index < -0.39 is 10.0 Å². The number of aryl methyl sites for hydroxylation is 1. The molecule has 1 aromatic heterocycles. The topological polar surface area (TPSA) is 105 Å². The van der Waals surface area contributed by atoms with E-state index in [9.17, 15) is 13.2 Å². The van der Waals surface area contributed by atoms with E-state index in [0.717, 1.165) is 24.0 Å². The van der Waals surface area contributed by atoms with Crippen LogP contribution in [-0.4, -0.2) is 41.9 Å². The van der Waals surface area contributed by atoms with E-state index in [4.69, 9.17) is 4.52 Å². The first-order valence-corrected chi connectivity index (χ1v) is 11.8. The lowest BCUT2D eigenvalue weighted by Crippen LogP contribution is -2.29. The molecule has 1 aliphatic rings. The molecule has 0 spiro atoms. The van der Waals surface area contributed by atoms with E-state index in [2.05, 4.69) is 15.5 Å². The van der Waals surface area contributed by atoms with Crippen molar-refractivity contribution < 1.29 is 17.7 Å². The van der Waals surface area contributed by atoms with E-state index >= 15 is 0 Å². The van der Waals surface area contributed by atoms with Crippen LogP contribution in [0.5, 0.6) is 0 Å². The third-order valence-corrected chi connectivity index (χ3v) is 7.02. The summed E-state index contributed by atoms with van der Waals surface area (Å²) in [5.41, 5.74) is 3.03. The van der Waals surface area contributed by atoms with Gasteiger partial charge in [0.2, 0.25) is 21.7 Å². The number of carbonyl (C=O) groups excluding carboxylic acids is 1. The van der Waals surface area contributed by atoms with Gasteiger partial charge in [0.05, 0.1) is 12.3 Å². The van der Waals surface area contributed by atoms with Crippen molar-refractivity contribution in [2.45, 2.75) is 32.1 Å². The van der Waals surface area contributed by atoms with E-state index in [1.807, 2.05) is 31.2 Å². The van der Waals surface area contributed by atoms with Crippen LogP contribution in [0.1, 0.15) is 40.2 Å². The van der Waals surface area contributed by atoms with Crippen LogP contribution in [0.3, 0.4) is 0 Å². The molecule has 2 heterocycles. The lowest BCUT2D eigenvalue weighted by atomic mass is 10.1. The van der Waals surface area contributed by atoms with Crippen molar-refractivity contribution in [1.82, 2.24) is 19.8 Å². The minimum absolute atomic E-state index is 0.0569. The van der Waals surface area contributed by atoms with Crippen LogP contribution in [0.4, 0.5) is 0 Å². The molecule has 1 saturated heterocycles. The number of hydrogen-bond donors (Lipinski definition) is 1. The SMILES string of the molecule is Cc1cccc(-c2noc(CNC(=O)c3ccc(CS(=O)(=O)N4CCCC4)cc3)n2)c1. The Labute approximate surface area is 181 Å². The number of nitrogens with one attached hydrogen (secondary N) is 1. The zero-order chi connectivity index (χ0) is 21.8. The molecule has 1 aliphatic heterocycles. The van der Waals surface area contributed by atoms with Gasteiger partial charge in [0.15, 0.2) is 0 Å². The third-order valence-electron chi connectivity index (χ3n) is 5.17. The normalized spacial score (nSPS) is 14.6. The molecule has 0 aliphatic carbocycles. The number of carbonyl (C=O) groups is 1. The molecule has 3 aromatic rings. The van der Waals surface area contributed by atoms with Crippen molar-refractivity contribution in [2.24, 2.45) is 0 Å². The Kier molecular flexibility index (Phi) is 6.15. The molecule has 0 atom stereocenters. The molecular formula is C22H24N4O4S. The summed E-state index contributed by atoms with van der Waals surface area (Å²) in [6, 6.07) is 14.3. The zero-order valence-electron chi connectivity index (χ0n) is 17.2. The van der Waals surface area contributed by atoms with Gasteiger partial charge >= 0.3 is 0 Å². The minimum atomic E-state index is -3.31. The van der Waals surface area contributed by atoms with Gasteiger partial charge in [0.25, 0.3) is 5.91 Å². The highest BCUT2D eigenvalue weighted by Crippen LogP contribution is 2.18. The summed E-state index contributed by atoms with van der Waals surface area (Å²) in [7, 11) is -3.31. The number of rotatable bonds is 7. The van der Waals surface area contributed by atoms with Crippen molar-refractivity contribution in [3.8, 4) is 11.4 Å². The second-order valence-corrected chi connectivity index (χ2v) is 9.59. The van der Waals surface area contributed by atoms with Gasteiger partial charge < -0.3 is 9.84 Å². The molecule has 0 bridgehead atoms. The fourth-order valence-electron chi connectivity index (χ4n) is 3.51. The van der Waals surface area contributed by atoms with Crippen LogP contribution >= 0.6 is 0 Å². The first-order chi connectivity index (χ1) is 14.9. The Morgan fingerprint density at radius 3 is 2.58 bits per heavy atom. The van der Waals surface area contributed by atoms with Crippen LogP contribution in [0.25, 0.3) is 11.4 Å². The number of aromatic nitrogens is 2. The first-order valence-electron chi connectivity index (χ1n) is 10.2. The monoisotopic (exact) mass is 440 g/mol. The van der Waals surface area contributed by atoms with Crippen molar-refractivity contribution >= 4 is 15.9 Å². The van der Waals surface area contributed by atoms with Gasteiger partial charge in [0.1, 0.15) is 0 Å². The Hall–Kier alpha value is -3.04. The van der Waals surface area contributed by atoms with Crippen LogP contribution in [0.15, 0.2) is 53.1 Å². The number of sulfonamides is 1. The lowest BCUT2D eigenvalue weighted by molar-refractivity contribution is 0.0946. The molecule has 162 valence electrons. The molecule has 1 amide bonds. The maximum Gasteiger partial charge on any atom is 0.251 e. The first kappa shape index (κ1) is 21.2. The summed E-state index contributed by atoms with van der Waals surface area (Å²) in [5, 5.41) is 6.70. The molecule has 0 radical (unpaired) electrons. The highest BCUT2D eigenvalue weighted by molar-refractivity contribution is 7.88. The Morgan fingerprint density at radius 1 is 1.13 bits per heavy atom. The number of amides is 1. The molecule has 2 aromatic carbocycles. The van der Waals surface area contributed by atoms with Gasteiger partial charge in [0, 0.05) is 24.2 Å². The molecule has 9 heteroatoms. The maximum absolute atomic E-state index is 12.4. The van der Waals surface area contributed by atoms with Gasteiger partial charge in [-0.25, -0.2) is 12.7 Å². The van der Waals surface area contributed by atoms with Gasteiger partial charge in [-0.3, -0.25) is 4.79 Å². The van der Waals surface area contributed by atoms with Gasteiger partial charge in [-0.1, -0.05) is 41.1 Å². The molecule has 8 nitrogen and oxygen atoms in total. The van der Waals surface area contributed by atoms with E-state index in [-0.39, 0.29) is 18.2 Å². The molecule has 0 unspecified atom stereocenters. The van der Waals surface area contributed by atoms with Gasteiger partial charge in [-0.05, 0) is 43.5 Å². The van der Waals surface area contributed by atoms with E-state index in [1.54, 1.807) is 24.3 Å². The van der Waals surface area contributed by atoms with Crippen molar-refractivity contribution in [3.63, 3.8) is 0 Å². The lowest BCUT2D eigenvalue weighted by Gasteiger charge is -2.15. The van der Waals surface area contributed by atoms with Crippen molar-refractivity contribution in [1.29, 1.82) is 0 Å². The molecule has 4 rings (SSSR count). The smallest absolute Gasteiger partial charge is 0.251 e. The van der Waals surface area contributed by atoms with Gasteiger partial charge in [-0.2, -0.15) is 4.98 Å². The van der Waals surface area contributed by atoms with Crippen LogP contribution in [0.2, 0.25) is 0 Å². The third kappa shape index (κ3) is 5.18. The van der Waals surface area contributed by atoms with Crippen molar-refractivity contribution in [2.75, 3.05) is 13.1 Å². The maximum atomic E-state index is 12.4. The Bertz CT molecular complexity index is 1170. The Morgan fingerprint density at radius 2 is 1.87 bits per heavy atom. The minimum Gasteiger partial charge on any atom is -0.343 e. The van der Waals surface area contributed by atoms with E-state index in [0.29, 0.717) is 35.9 Å². The summed E-state index contributed by atoms with van der Waals surface area (Å²) >= 11 is 0. The molecular weight excluding hydrogens is 416 g/mol. The summed E-state index contributed by atoms with van der Waals surface area (Å²) in [6.07, 6.45) is 1.82. The second kappa shape index (κ2) is 8.99. The zero-order valence-corrected chi connectivity index (χ0v) is 18.1. The predicted octanol–water partition coefficient (Wildman–Crippen LogP) is 2.90. The number of hydrogen-bond acceptors (Lipinski definition) is 6. The summed E-state index contributed by atoms with van der Waals surface area (Å²) in [6.45, 7) is 3.26. The second-order valence-electron chi connectivity index (χ2n) is 7.62. The van der Waals surface area contributed by atoms with Crippen LogP contribution in [-0.2, 0) is 22.3 Å². The standard InChI is InChI=1S/C22H24N4O4S/c1-16-5-4-6-19(13-16)21-24-20(30-25-21)14-23-22(27)18-9-7-17(8-10-18)15-31(28,29)26-11-2-3-12-26/h4-10,13H,2-3,11-12,14-15H2,1H3,(H,23,27). The fraction of sp³-hybridized carbons (Fsp3) is 0.318. The molecule has 0 saturated carbocycles. The average Bonchev–Trinajstić information content (AvgIpc) is 3.45. The van der Waals surface area contributed by atoms with E-state index in [1.165, 1.54) is 4.31 Å². The molecule has 1 N–H and O–H groups in total. The average molecular weight is 441 g/mol. The quantitative estimate of drug-likeness (QED) is 0.606. The molecule has 1 fully saturated rings. The summed E-state index contributed by atoms with van der Waals surface area (Å²) in [4.78, 5) is 16.7. The fourth-order valence-corrected chi connectivity index (χ4v) is 5.12. The van der Waals surface area contributed by atoms with Crippen molar-refractivity contribution in [3.05, 3.63) is 71.1 Å². The largest absolute Gasteiger partial charge is 0.343 e. The summed E-state index contributed by atoms with van der Waals surface area (Å²) < 4.78 is 31.6.